The third-order valence-electron chi connectivity index (χ3n) is 3.92. The molecular weight excluding hydrogens is 326 g/mol. The van der Waals surface area contributed by atoms with Crippen LogP contribution in [0.2, 0.25) is 5.28 Å². The monoisotopic (exact) mass is 336 g/mol. The normalized spacial score (nSPS) is 16.7. The number of ether oxygens (including phenoxy) is 1. The highest BCUT2D eigenvalue weighted by atomic mass is 35.5. The SMILES string of the molecule is Cc1nc2c(F)cc(-c3nc(Cl)ncc3F)c3c2n1[C@@H](C)CO3. The Morgan fingerprint density at radius 2 is 2.09 bits per heavy atom. The third kappa shape index (κ3) is 1.99. The van der Waals surface area contributed by atoms with E-state index in [1.54, 1.807) is 6.92 Å². The van der Waals surface area contributed by atoms with Gasteiger partial charge in [0.05, 0.1) is 17.8 Å². The molecule has 0 N–H and O–H groups in total. The average Bonchev–Trinajstić information content (AvgIpc) is 2.87. The Kier molecular flexibility index (Phi) is 3.02. The number of halogens is 3. The van der Waals surface area contributed by atoms with Crippen molar-refractivity contribution in [1.82, 2.24) is 19.5 Å². The van der Waals surface area contributed by atoms with Crippen molar-refractivity contribution in [1.29, 1.82) is 0 Å². The van der Waals surface area contributed by atoms with Crippen LogP contribution in [-0.4, -0.2) is 26.1 Å². The third-order valence-corrected chi connectivity index (χ3v) is 4.11. The van der Waals surface area contributed by atoms with Crippen LogP contribution in [0.4, 0.5) is 8.78 Å². The van der Waals surface area contributed by atoms with E-state index in [4.69, 9.17) is 16.3 Å². The Morgan fingerprint density at radius 3 is 2.87 bits per heavy atom. The number of nitrogens with zero attached hydrogens (tertiary/aromatic N) is 4. The molecule has 5 nitrogen and oxygen atoms in total. The van der Waals surface area contributed by atoms with Crippen LogP contribution in [0.5, 0.6) is 5.75 Å². The summed E-state index contributed by atoms with van der Waals surface area (Å²) in [6.07, 6.45) is 0.952. The van der Waals surface area contributed by atoms with E-state index in [1.807, 2.05) is 11.5 Å². The van der Waals surface area contributed by atoms with Gasteiger partial charge in [-0.2, -0.15) is 0 Å². The van der Waals surface area contributed by atoms with Crippen molar-refractivity contribution < 1.29 is 13.5 Å². The summed E-state index contributed by atoms with van der Waals surface area (Å²) in [5, 5.41) is -0.122. The molecule has 8 heteroatoms. The Hall–Kier alpha value is -2.28. The molecule has 4 rings (SSSR count). The molecule has 1 aliphatic heterocycles. The van der Waals surface area contributed by atoms with Gasteiger partial charge in [-0.05, 0) is 31.5 Å². The summed E-state index contributed by atoms with van der Waals surface area (Å²) in [5.41, 5.74) is 0.810. The molecule has 1 aliphatic rings. The van der Waals surface area contributed by atoms with E-state index >= 15 is 0 Å². The van der Waals surface area contributed by atoms with E-state index in [0.717, 1.165) is 6.20 Å². The number of aromatic nitrogens is 4. The first-order valence-electron chi connectivity index (χ1n) is 6.99. The van der Waals surface area contributed by atoms with Gasteiger partial charge in [-0.1, -0.05) is 0 Å². The van der Waals surface area contributed by atoms with E-state index in [9.17, 15) is 8.78 Å². The first-order valence-corrected chi connectivity index (χ1v) is 7.37. The first-order chi connectivity index (χ1) is 11.0. The molecule has 0 aliphatic carbocycles. The summed E-state index contributed by atoms with van der Waals surface area (Å²) < 4.78 is 36.3. The molecule has 23 heavy (non-hydrogen) atoms. The molecule has 0 fully saturated rings. The second-order valence-corrected chi connectivity index (χ2v) is 5.79. The lowest BCUT2D eigenvalue weighted by atomic mass is 10.1. The molecule has 3 heterocycles. The summed E-state index contributed by atoms with van der Waals surface area (Å²) in [6.45, 7) is 4.12. The minimum absolute atomic E-state index is 0.000911. The smallest absolute Gasteiger partial charge is 0.223 e. The van der Waals surface area contributed by atoms with Crippen LogP contribution in [0, 0.1) is 18.6 Å². The van der Waals surface area contributed by atoms with Crippen molar-refractivity contribution in [3.63, 3.8) is 0 Å². The molecule has 1 atom stereocenters. The van der Waals surface area contributed by atoms with Crippen LogP contribution in [0.15, 0.2) is 12.3 Å². The predicted molar refractivity (Wildman–Crippen MR) is 80.6 cm³/mol. The molecule has 0 unspecified atom stereocenters. The molecule has 1 aromatic carbocycles. The van der Waals surface area contributed by atoms with E-state index in [1.165, 1.54) is 6.07 Å². The zero-order valence-corrected chi connectivity index (χ0v) is 13.0. The zero-order chi connectivity index (χ0) is 16.3. The van der Waals surface area contributed by atoms with Crippen molar-refractivity contribution in [2.75, 3.05) is 6.61 Å². The number of rotatable bonds is 1. The molecule has 0 amide bonds. The van der Waals surface area contributed by atoms with Crippen LogP contribution >= 0.6 is 11.6 Å². The fraction of sp³-hybridized carbons (Fsp3) is 0.267. The van der Waals surface area contributed by atoms with Crippen LogP contribution in [0.25, 0.3) is 22.3 Å². The van der Waals surface area contributed by atoms with Gasteiger partial charge in [0.1, 0.15) is 29.2 Å². The molecule has 0 spiro atoms. The lowest BCUT2D eigenvalue weighted by Crippen LogP contribution is -2.21. The largest absolute Gasteiger partial charge is 0.488 e. The second kappa shape index (κ2) is 4.86. The molecule has 0 saturated carbocycles. The van der Waals surface area contributed by atoms with Gasteiger partial charge in [0.25, 0.3) is 0 Å². The minimum Gasteiger partial charge on any atom is -0.488 e. The van der Waals surface area contributed by atoms with Gasteiger partial charge < -0.3 is 9.30 Å². The Labute approximate surface area is 134 Å². The maximum absolute atomic E-state index is 14.5. The average molecular weight is 337 g/mol. The van der Waals surface area contributed by atoms with Gasteiger partial charge in [-0.3, -0.25) is 0 Å². The van der Waals surface area contributed by atoms with Gasteiger partial charge in [-0.15, -0.1) is 0 Å². The number of hydrogen-bond donors (Lipinski definition) is 0. The van der Waals surface area contributed by atoms with Crippen molar-refractivity contribution in [3.8, 4) is 17.0 Å². The van der Waals surface area contributed by atoms with Gasteiger partial charge >= 0.3 is 0 Å². The van der Waals surface area contributed by atoms with Crippen molar-refractivity contribution >= 4 is 22.6 Å². The van der Waals surface area contributed by atoms with Gasteiger partial charge in [0, 0.05) is 0 Å². The number of hydrogen-bond acceptors (Lipinski definition) is 4. The summed E-state index contributed by atoms with van der Waals surface area (Å²) in [4.78, 5) is 11.7. The van der Waals surface area contributed by atoms with Crippen molar-refractivity contribution in [3.05, 3.63) is 35.0 Å². The van der Waals surface area contributed by atoms with Gasteiger partial charge in [0.2, 0.25) is 5.28 Å². The topological polar surface area (TPSA) is 52.8 Å². The van der Waals surface area contributed by atoms with E-state index < -0.39 is 11.6 Å². The molecule has 3 aromatic rings. The maximum atomic E-state index is 14.5. The van der Waals surface area contributed by atoms with Crippen molar-refractivity contribution in [2.45, 2.75) is 19.9 Å². The van der Waals surface area contributed by atoms with Crippen LogP contribution < -0.4 is 4.74 Å². The lowest BCUT2D eigenvalue weighted by molar-refractivity contribution is 0.247. The Morgan fingerprint density at radius 1 is 1.30 bits per heavy atom. The molecule has 0 bridgehead atoms. The van der Waals surface area contributed by atoms with E-state index in [2.05, 4.69) is 15.0 Å². The molecule has 0 radical (unpaired) electrons. The Bertz CT molecular complexity index is 957. The fourth-order valence-corrected chi connectivity index (χ4v) is 3.12. The number of imidazole rings is 1. The minimum atomic E-state index is -0.700. The molecule has 118 valence electrons. The Balaban J connectivity index is 2.12. The van der Waals surface area contributed by atoms with E-state index in [0.29, 0.717) is 23.7 Å². The van der Waals surface area contributed by atoms with E-state index in [-0.39, 0.29) is 28.1 Å². The summed E-state index contributed by atoms with van der Waals surface area (Å²) in [7, 11) is 0. The summed E-state index contributed by atoms with van der Waals surface area (Å²) in [5.74, 6) is -0.232. The predicted octanol–water partition coefficient (Wildman–Crippen LogP) is 3.69. The van der Waals surface area contributed by atoms with Crippen LogP contribution in [-0.2, 0) is 0 Å². The standard InChI is InChI=1S/C15H11ClF2N4O/c1-6-5-23-14-8(11-10(18)4-19-15(16)21-11)3-9(17)12-13(14)22(6)7(2)20-12/h3-4,6H,5H2,1-2H3/t6-/m0/s1. The number of benzene rings is 1. The zero-order valence-electron chi connectivity index (χ0n) is 12.3. The van der Waals surface area contributed by atoms with Crippen LogP contribution in [0.3, 0.4) is 0 Å². The molecular formula is C15H11ClF2N4O. The maximum Gasteiger partial charge on any atom is 0.223 e. The first kappa shape index (κ1) is 14.3. The second-order valence-electron chi connectivity index (χ2n) is 5.46. The highest BCUT2D eigenvalue weighted by molar-refractivity contribution is 6.28. The summed E-state index contributed by atoms with van der Waals surface area (Å²) >= 11 is 5.75. The van der Waals surface area contributed by atoms with Gasteiger partial charge in [-0.25, -0.2) is 23.7 Å². The molecule has 0 saturated heterocycles. The number of aryl methyl sites for hydroxylation is 1. The highest BCUT2D eigenvalue weighted by Gasteiger charge is 2.29. The lowest BCUT2D eigenvalue weighted by Gasteiger charge is -2.25. The van der Waals surface area contributed by atoms with Gasteiger partial charge in [0.15, 0.2) is 17.4 Å². The fourth-order valence-electron chi connectivity index (χ4n) is 2.99. The highest BCUT2D eigenvalue weighted by Crippen LogP contribution is 2.42. The quantitative estimate of drug-likeness (QED) is 0.636. The van der Waals surface area contributed by atoms with Crippen molar-refractivity contribution in [2.24, 2.45) is 0 Å². The van der Waals surface area contributed by atoms with Crippen LogP contribution in [0.1, 0.15) is 18.8 Å². The molecule has 2 aromatic heterocycles. The summed E-state index contributed by atoms with van der Waals surface area (Å²) in [6, 6.07) is 1.17.